The molecule has 1 aromatic carbocycles. The number of thiazole rings is 1. The van der Waals surface area contributed by atoms with Crippen LogP contribution in [0.3, 0.4) is 0 Å². The molecule has 11 heteroatoms. The van der Waals surface area contributed by atoms with Crippen molar-refractivity contribution >= 4 is 28.6 Å². The molecule has 1 fully saturated rings. The average molecular weight is 442 g/mol. The number of halogens is 2. The molecule has 0 saturated carbocycles. The molecule has 0 amide bonds. The Balaban J connectivity index is 1.61. The van der Waals surface area contributed by atoms with Gasteiger partial charge in [0.15, 0.2) is 5.13 Å². The summed E-state index contributed by atoms with van der Waals surface area (Å²) in [5.74, 6) is -0.546. The van der Waals surface area contributed by atoms with Crippen LogP contribution in [0.2, 0.25) is 0 Å². The quantitative estimate of drug-likeness (QED) is 0.575. The van der Waals surface area contributed by atoms with E-state index in [9.17, 15) is 18.4 Å². The molecule has 3 rings (SSSR count). The van der Waals surface area contributed by atoms with E-state index in [1.165, 1.54) is 13.3 Å². The molecule has 0 N–H and O–H groups in total. The normalized spacial score (nSPS) is 18.5. The molecule has 8 nitrogen and oxygen atoms in total. The van der Waals surface area contributed by atoms with E-state index in [4.69, 9.17) is 9.47 Å². The Morgan fingerprint density at radius 3 is 2.77 bits per heavy atom. The monoisotopic (exact) mass is 442 g/mol. The molecule has 0 spiro atoms. The maximum atomic E-state index is 12.5. The number of hydrogen-bond donors (Lipinski definition) is 0. The number of alkyl halides is 2. The van der Waals surface area contributed by atoms with Crippen LogP contribution in [0.15, 0.2) is 36.5 Å². The summed E-state index contributed by atoms with van der Waals surface area (Å²) in [5.41, 5.74) is 0.809. The molecule has 0 bridgehead atoms. The zero-order valence-electron chi connectivity index (χ0n) is 16.0. The summed E-state index contributed by atoms with van der Waals surface area (Å²) in [5, 5.41) is 0.419. The second kappa shape index (κ2) is 10.3. The molecule has 1 aliphatic heterocycles. The van der Waals surface area contributed by atoms with Crippen LogP contribution >= 0.6 is 11.3 Å². The molecule has 2 atom stereocenters. The lowest BCUT2D eigenvalue weighted by atomic mass is 10.2. The molecule has 0 unspecified atom stereocenters. The number of benzene rings is 1. The summed E-state index contributed by atoms with van der Waals surface area (Å²) in [6.07, 6.45) is 0.137. The second-order valence-corrected chi connectivity index (χ2v) is 7.41. The summed E-state index contributed by atoms with van der Waals surface area (Å²) in [6, 6.07) is 8.60. The van der Waals surface area contributed by atoms with Crippen molar-refractivity contribution in [3.63, 3.8) is 0 Å². The summed E-state index contributed by atoms with van der Waals surface area (Å²) >= 11 is 1.05. The third kappa shape index (κ3) is 5.86. The molecule has 1 aromatic heterocycles. The first-order chi connectivity index (χ1) is 14.5. The van der Waals surface area contributed by atoms with Gasteiger partial charge < -0.3 is 23.8 Å². The molecule has 0 aliphatic carbocycles. The van der Waals surface area contributed by atoms with Crippen LogP contribution in [0.1, 0.15) is 21.7 Å². The second-order valence-electron chi connectivity index (χ2n) is 6.40. The van der Waals surface area contributed by atoms with Gasteiger partial charge in [-0.2, -0.15) is 8.78 Å². The van der Waals surface area contributed by atoms with Gasteiger partial charge in [-0.25, -0.2) is 14.6 Å². The van der Waals surface area contributed by atoms with Crippen molar-refractivity contribution in [3.8, 4) is 0 Å². The van der Waals surface area contributed by atoms with Crippen LogP contribution in [-0.2, 0) is 25.6 Å². The minimum absolute atomic E-state index is 0.0585. The number of hydrogen-bond acceptors (Lipinski definition) is 9. The molecule has 1 saturated heterocycles. The Labute approximate surface area is 175 Å². The van der Waals surface area contributed by atoms with Crippen molar-refractivity contribution < 1.29 is 37.3 Å². The number of esters is 1. The number of carbonyl (C=O) groups excluding carboxylic acids is 2. The van der Waals surface area contributed by atoms with Gasteiger partial charge in [-0.05, 0) is 5.56 Å². The summed E-state index contributed by atoms with van der Waals surface area (Å²) in [6.45, 7) is -2.96. The van der Waals surface area contributed by atoms with Gasteiger partial charge in [0.05, 0.1) is 32.5 Å². The van der Waals surface area contributed by atoms with Crippen LogP contribution in [-0.4, -0.2) is 56.1 Å². The standard InChI is InChI=1S/C19H20F2N2O6S/c1-26-16(24)15-8-22-18(30-15)23-9-14(7-13(23)11-27-17(20)21)29-19(25)28-10-12-5-3-2-4-6-12/h2-6,8,13-14,17H,7,9-11H2,1H3/t13-,14+/m0/s1. The first-order valence-electron chi connectivity index (χ1n) is 9.04. The van der Waals surface area contributed by atoms with Crippen LogP contribution < -0.4 is 4.90 Å². The van der Waals surface area contributed by atoms with Gasteiger partial charge in [0.1, 0.15) is 17.6 Å². The van der Waals surface area contributed by atoms with Crippen LogP contribution in [0.4, 0.5) is 18.7 Å². The van der Waals surface area contributed by atoms with Crippen molar-refractivity contribution in [2.45, 2.75) is 31.8 Å². The molecule has 1 aliphatic rings. The van der Waals surface area contributed by atoms with Crippen molar-refractivity contribution in [2.75, 3.05) is 25.2 Å². The van der Waals surface area contributed by atoms with E-state index in [2.05, 4.69) is 14.5 Å². The summed E-state index contributed by atoms with van der Waals surface area (Å²) < 4.78 is 44.6. The molecule has 2 aromatic rings. The third-order valence-electron chi connectivity index (χ3n) is 4.38. The number of nitrogens with zero attached hydrogens (tertiary/aromatic N) is 2. The minimum atomic E-state index is -2.93. The van der Waals surface area contributed by atoms with Gasteiger partial charge in [-0.1, -0.05) is 41.7 Å². The largest absolute Gasteiger partial charge is 0.508 e. The number of ether oxygens (including phenoxy) is 4. The smallest absolute Gasteiger partial charge is 0.465 e. The highest BCUT2D eigenvalue weighted by Gasteiger charge is 2.37. The van der Waals surface area contributed by atoms with Gasteiger partial charge in [0, 0.05) is 6.42 Å². The minimum Gasteiger partial charge on any atom is -0.465 e. The molecule has 0 radical (unpaired) electrons. The number of aromatic nitrogens is 1. The fourth-order valence-corrected chi connectivity index (χ4v) is 3.93. The van der Waals surface area contributed by atoms with Crippen molar-refractivity contribution in [1.82, 2.24) is 4.98 Å². The summed E-state index contributed by atoms with van der Waals surface area (Å²) in [7, 11) is 1.25. The van der Waals surface area contributed by atoms with Crippen molar-refractivity contribution in [3.05, 3.63) is 47.0 Å². The van der Waals surface area contributed by atoms with E-state index in [1.54, 1.807) is 4.90 Å². The predicted molar refractivity (Wildman–Crippen MR) is 103 cm³/mol. The Bertz CT molecular complexity index is 851. The van der Waals surface area contributed by atoms with Crippen LogP contribution in [0.5, 0.6) is 0 Å². The van der Waals surface area contributed by atoms with Gasteiger partial charge >= 0.3 is 18.7 Å². The topological polar surface area (TPSA) is 87.2 Å². The Kier molecular flexibility index (Phi) is 7.52. The maximum Gasteiger partial charge on any atom is 0.508 e. The number of anilines is 1. The number of rotatable bonds is 8. The zero-order chi connectivity index (χ0) is 21.5. The van der Waals surface area contributed by atoms with Crippen molar-refractivity contribution in [2.24, 2.45) is 0 Å². The highest BCUT2D eigenvalue weighted by molar-refractivity contribution is 7.17. The van der Waals surface area contributed by atoms with Crippen molar-refractivity contribution in [1.29, 1.82) is 0 Å². The van der Waals surface area contributed by atoms with Gasteiger partial charge in [-0.3, -0.25) is 0 Å². The first-order valence-corrected chi connectivity index (χ1v) is 9.85. The first kappa shape index (κ1) is 21.9. The van der Waals surface area contributed by atoms with E-state index >= 15 is 0 Å². The fraction of sp³-hybridized carbons (Fsp3) is 0.421. The van der Waals surface area contributed by atoms with Crippen LogP contribution in [0, 0.1) is 0 Å². The van der Waals surface area contributed by atoms with E-state index in [-0.39, 0.29) is 31.1 Å². The SMILES string of the molecule is COC(=O)c1cnc(N2C[C@H](OC(=O)OCc3ccccc3)C[C@H]2COC(F)F)s1. The Hall–Kier alpha value is -2.79. The lowest BCUT2D eigenvalue weighted by molar-refractivity contribution is -0.132. The third-order valence-corrected chi connectivity index (χ3v) is 5.39. The van der Waals surface area contributed by atoms with Crippen LogP contribution in [0.25, 0.3) is 0 Å². The fourth-order valence-electron chi connectivity index (χ4n) is 3.01. The maximum absolute atomic E-state index is 12.5. The van der Waals surface area contributed by atoms with Gasteiger partial charge in [0.2, 0.25) is 0 Å². The summed E-state index contributed by atoms with van der Waals surface area (Å²) in [4.78, 5) is 29.8. The molecular formula is C19H20F2N2O6S. The Morgan fingerprint density at radius 2 is 2.07 bits per heavy atom. The number of carbonyl (C=O) groups is 2. The Morgan fingerprint density at radius 1 is 1.30 bits per heavy atom. The van der Waals surface area contributed by atoms with E-state index in [0.29, 0.717) is 5.13 Å². The highest BCUT2D eigenvalue weighted by Crippen LogP contribution is 2.31. The van der Waals surface area contributed by atoms with E-state index in [1.807, 2.05) is 30.3 Å². The van der Waals surface area contributed by atoms with E-state index < -0.39 is 30.9 Å². The predicted octanol–water partition coefficient (Wildman–Crippen LogP) is 3.47. The number of methoxy groups -OCH3 is 1. The lowest BCUT2D eigenvalue weighted by Gasteiger charge is -2.23. The lowest BCUT2D eigenvalue weighted by Crippen LogP contribution is -2.34. The molecular weight excluding hydrogens is 422 g/mol. The average Bonchev–Trinajstić information content (AvgIpc) is 3.38. The molecule has 162 valence electrons. The van der Waals surface area contributed by atoms with Gasteiger partial charge in [0.25, 0.3) is 0 Å². The van der Waals surface area contributed by atoms with Gasteiger partial charge in [-0.15, -0.1) is 0 Å². The van der Waals surface area contributed by atoms with E-state index in [0.717, 1.165) is 16.9 Å². The molecule has 30 heavy (non-hydrogen) atoms. The zero-order valence-corrected chi connectivity index (χ0v) is 16.8. The molecule has 2 heterocycles. The highest BCUT2D eigenvalue weighted by atomic mass is 32.1.